The average Bonchev–Trinajstić information content (AvgIpc) is 3.65. The van der Waals surface area contributed by atoms with Crippen LogP contribution in [0.25, 0.3) is 55.0 Å². The predicted molar refractivity (Wildman–Crippen MR) is 201 cm³/mol. The number of ether oxygens (including phenoxy) is 2. The van der Waals surface area contributed by atoms with Crippen molar-refractivity contribution in [2.45, 2.75) is 0 Å². The number of hydrogen-bond donors (Lipinski definition) is 0. The van der Waals surface area contributed by atoms with E-state index in [1.165, 1.54) is 21.5 Å². The summed E-state index contributed by atoms with van der Waals surface area (Å²) in [5.41, 5.74) is 6.77. The molecule has 0 amide bonds. The Morgan fingerprint density at radius 2 is 0.771 bits per heavy atom. The van der Waals surface area contributed by atoms with Gasteiger partial charge >= 0.3 is 0 Å². The second-order valence-electron chi connectivity index (χ2n) is 12.5. The van der Waals surface area contributed by atoms with Gasteiger partial charge in [-0.3, -0.25) is 0 Å². The molecule has 11 rings (SSSR count). The van der Waals surface area contributed by atoms with Gasteiger partial charge in [-0.05, 0) is 72.8 Å². The molecule has 0 radical (unpaired) electrons. The number of hydrogen-bond acceptors (Lipinski definition) is 3. The van der Waals surface area contributed by atoms with Gasteiger partial charge < -0.3 is 18.6 Å². The Labute approximate surface area is 281 Å². The summed E-state index contributed by atoms with van der Waals surface area (Å²) in [6.45, 7) is 0. The highest BCUT2D eigenvalue weighted by atomic mass is 32.4. The van der Waals surface area contributed by atoms with Crippen LogP contribution in [-0.4, -0.2) is 9.13 Å². The minimum Gasteiger partial charge on any atom is -0.456 e. The highest BCUT2D eigenvalue weighted by Gasteiger charge is 2.43. The topological polar surface area (TPSA) is 28.3 Å². The number of rotatable bonds is 2. The van der Waals surface area contributed by atoms with Gasteiger partial charge in [-0.2, -0.15) is 0 Å². The molecule has 2 aliphatic heterocycles. The van der Waals surface area contributed by atoms with E-state index in [9.17, 15) is 0 Å². The molecule has 9 aromatic rings. The molecule has 0 unspecified atom stereocenters. The van der Waals surface area contributed by atoms with Crippen molar-refractivity contribution >= 4 is 77.4 Å². The maximum Gasteiger partial charge on any atom is 0.140 e. The first-order chi connectivity index (χ1) is 23.7. The van der Waals surface area contributed by atoms with Crippen molar-refractivity contribution in [2.75, 3.05) is 0 Å². The van der Waals surface area contributed by atoms with Gasteiger partial charge in [0.2, 0.25) is 0 Å². The molecule has 0 bridgehead atoms. The van der Waals surface area contributed by atoms with E-state index in [4.69, 9.17) is 21.3 Å². The van der Waals surface area contributed by atoms with Crippen molar-refractivity contribution in [3.8, 4) is 34.4 Å². The quantitative estimate of drug-likeness (QED) is 0.174. The fraction of sp³-hybridized carbons (Fsp3) is 0. The largest absolute Gasteiger partial charge is 0.456 e. The predicted octanol–water partition coefficient (Wildman–Crippen LogP) is 9.85. The molecule has 2 aliphatic rings. The molecule has 0 atom stereocenters. The van der Waals surface area contributed by atoms with Crippen LogP contribution < -0.4 is 25.4 Å². The second-order valence-corrected chi connectivity index (χ2v) is 16.7. The molecule has 226 valence electrons. The number of nitrogens with zero attached hydrogens (tertiary/aromatic N) is 2. The normalized spacial score (nSPS) is 14.0. The summed E-state index contributed by atoms with van der Waals surface area (Å²) >= 11 is 7.05. The Morgan fingerprint density at radius 1 is 0.396 bits per heavy atom. The molecule has 4 heterocycles. The molecule has 4 nitrogen and oxygen atoms in total. The Hall–Kier alpha value is -5.61. The van der Waals surface area contributed by atoms with Crippen LogP contribution in [0.15, 0.2) is 152 Å². The van der Waals surface area contributed by atoms with Gasteiger partial charge in [0.25, 0.3) is 0 Å². The number of para-hydroxylation sites is 4. The van der Waals surface area contributed by atoms with E-state index in [2.05, 4.69) is 143 Å². The maximum absolute atomic E-state index is 7.05. The van der Waals surface area contributed by atoms with Crippen molar-refractivity contribution in [3.63, 3.8) is 0 Å². The molecule has 0 N–H and O–H groups in total. The van der Waals surface area contributed by atoms with Gasteiger partial charge in [-0.15, -0.1) is 0 Å². The molecular formula is C42H25N2O2PS. The number of aromatic nitrogens is 2. The van der Waals surface area contributed by atoms with Gasteiger partial charge in [0.15, 0.2) is 0 Å². The van der Waals surface area contributed by atoms with E-state index in [1.54, 1.807) is 0 Å². The lowest BCUT2D eigenvalue weighted by Crippen LogP contribution is -2.35. The third-order valence-electron chi connectivity index (χ3n) is 9.96. The molecule has 7 aromatic carbocycles. The van der Waals surface area contributed by atoms with E-state index in [1.807, 2.05) is 18.2 Å². The lowest BCUT2D eigenvalue weighted by Gasteiger charge is -2.37. The summed E-state index contributed by atoms with van der Waals surface area (Å²) in [6, 6.07) is 50.9. The fourth-order valence-corrected chi connectivity index (χ4v) is 12.4. The number of benzene rings is 7. The maximum atomic E-state index is 7.05. The Kier molecular flexibility index (Phi) is 5.23. The van der Waals surface area contributed by atoms with Crippen molar-refractivity contribution in [2.24, 2.45) is 0 Å². The lowest BCUT2D eigenvalue weighted by atomic mass is 10.2. The summed E-state index contributed by atoms with van der Waals surface area (Å²) in [7, 11) is 0. The van der Waals surface area contributed by atoms with Crippen LogP contribution in [0, 0.1) is 0 Å². The smallest absolute Gasteiger partial charge is 0.140 e. The third-order valence-corrected chi connectivity index (χ3v) is 14.8. The summed E-state index contributed by atoms with van der Waals surface area (Å²) in [5, 5.41) is 7.98. The highest BCUT2D eigenvalue weighted by Crippen LogP contribution is 2.59. The first kappa shape index (κ1) is 26.5. The molecule has 0 saturated heterocycles. The Bertz CT molecular complexity index is 2610. The van der Waals surface area contributed by atoms with E-state index >= 15 is 0 Å². The first-order valence-corrected chi connectivity index (χ1v) is 18.8. The van der Waals surface area contributed by atoms with Crippen LogP contribution in [0.4, 0.5) is 0 Å². The van der Waals surface area contributed by atoms with Gasteiger partial charge in [0.05, 0.1) is 33.4 Å². The van der Waals surface area contributed by atoms with Crippen LogP contribution in [0.1, 0.15) is 0 Å². The summed E-state index contributed by atoms with van der Waals surface area (Å²) in [4.78, 5) is 0. The minimum atomic E-state index is -2.66. The summed E-state index contributed by atoms with van der Waals surface area (Å²) in [6.07, 6.45) is 0. The second kappa shape index (κ2) is 9.48. The third kappa shape index (κ3) is 3.37. The highest BCUT2D eigenvalue weighted by molar-refractivity contribution is 8.26. The van der Waals surface area contributed by atoms with E-state index in [0.717, 1.165) is 72.4 Å². The lowest BCUT2D eigenvalue weighted by molar-refractivity contribution is 0.466. The SMILES string of the molecule is S=P12c3cc(-n4c5ccccc5c5ccccc54)ccc3Oc3cccc(c31)Oc1ccc(-n3c4ccccc4c4ccccc43)cc12. The summed E-state index contributed by atoms with van der Waals surface area (Å²) in [5.74, 6) is 3.17. The van der Waals surface area contributed by atoms with Gasteiger partial charge in [-0.1, -0.05) is 90.7 Å². The molecular weight excluding hydrogens is 628 g/mol. The Balaban J connectivity index is 1.20. The van der Waals surface area contributed by atoms with E-state index in [-0.39, 0.29) is 0 Å². The zero-order valence-electron chi connectivity index (χ0n) is 25.5. The molecule has 0 saturated carbocycles. The zero-order valence-corrected chi connectivity index (χ0v) is 27.2. The van der Waals surface area contributed by atoms with Gasteiger partial charge in [0, 0.05) is 43.5 Å². The van der Waals surface area contributed by atoms with E-state index < -0.39 is 6.04 Å². The first-order valence-electron chi connectivity index (χ1n) is 16.0. The van der Waals surface area contributed by atoms with Crippen molar-refractivity contribution < 1.29 is 9.47 Å². The molecule has 6 heteroatoms. The van der Waals surface area contributed by atoms with Crippen LogP contribution in [0.2, 0.25) is 0 Å². The molecule has 0 spiro atoms. The minimum absolute atomic E-state index is 0.779. The van der Waals surface area contributed by atoms with Crippen LogP contribution in [-0.2, 0) is 11.8 Å². The molecule has 48 heavy (non-hydrogen) atoms. The molecule has 0 aliphatic carbocycles. The van der Waals surface area contributed by atoms with Gasteiger partial charge in [-0.25, -0.2) is 0 Å². The molecule has 2 aromatic heterocycles. The fourth-order valence-electron chi connectivity index (χ4n) is 7.94. The number of fused-ring (bicyclic) bond motifs is 10. The van der Waals surface area contributed by atoms with Crippen molar-refractivity contribution in [3.05, 3.63) is 152 Å². The average molecular weight is 653 g/mol. The Morgan fingerprint density at radius 3 is 1.17 bits per heavy atom. The van der Waals surface area contributed by atoms with Crippen molar-refractivity contribution in [1.29, 1.82) is 0 Å². The monoisotopic (exact) mass is 652 g/mol. The van der Waals surface area contributed by atoms with E-state index in [0.29, 0.717) is 0 Å². The van der Waals surface area contributed by atoms with Crippen molar-refractivity contribution in [1.82, 2.24) is 9.13 Å². The summed E-state index contributed by atoms with van der Waals surface area (Å²) < 4.78 is 18.0. The van der Waals surface area contributed by atoms with Crippen LogP contribution in [0.5, 0.6) is 23.0 Å². The molecule has 0 fully saturated rings. The van der Waals surface area contributed by atoms with Gasteiger partial charge in [0.1, 0.15) is 23.0 Å². The zero-order chi connectivity index (χ0) is 31.6. The standard InChI is InChI=1S/C42H25N2O2PS/c48-47-40-24-26(43-32-14-5-1-10-28(32)29-11-2-6-15-33(29)43)20-22-36(40)45-38-18-9-19-39(42(38)47)46-37-23-21-27(25-41(37)47)44-34-16-7-3-12-30(34)31-13-4-8-17-35(31)44/h1-25H. The van der Waals surface area contributed by atoms with Crippen LogP contribution in [0.3, 0.4) is 0 Å². The van der Waals surface area contributed by atoms with Crippen LogP contribution >= 0.6 is 6.04 Å².